The van der Waals surface area contributed by atoms with Crippen molar-refractivity contribution in [2.24, 2.45) is 0 Å². The van der Waals surface area contributed by atoms with E-state index in [1.165, 1.54) is 76.9 Å². The fraction of sp³-hybridized carbons (Fsp3) is 0.629. The second-order valence-electron chi connectivity index (χ2n) is 11.2. The van der Waals surface area contributed by atoms with Gasteiger partial charge in [0, 0.05) is 17.5 Å². The summed E-state index contributed by atoms with van der Waals surface area (Å²) in [6, 6.07) is 1.69. The third-order valence-corrected chi connectivity index (χ3v) is 7.25. The van der Waals surface area contributed by atoms with Gasteiger partial charge in [0.2, 0.25) is 0 Å². The molecule has 0 fully saturated rings. The first-order valence-electron chi connectivity index (χ1n) is 15.5. The minimum atomic E-state index is -0.284. The van der Waals surface area contributed by atoms with Crippen LogP contribution in [0.2, 0.25) is 0 Å². The number of carbonyl (C=O) groups is 2. The molecule has 0 saturated heterocycles. The van der Waals surface area contributed by atoms with Crippen LogP contribution in [0.25, 0.3) is 0 Å². The van der Waals surface area contributed by atoms with Crippen molar-refractivity contribution < 1.29 is 24.2 Å². The molecule has 40 heavy (non-hydrogen) atoms. The van der Waals surface area contributed by atoms with Crippen molar-refractivity contribution >= 4 is 12.3 Å². The van der Waals surface area contributed by atoms with E-state index in [-0.39, 0.29) is 23.9 Å². The summed E-state index contributed by atoms with van der Waals surface area (Å²) in [6.45, 7) is 8.33. The molecule has 1 aromatic carbocycles. The number of carbonyl (C=O) groups excluding carboxylic acids is 2. The summed E-state index contributed by atoms with van der Waals surface area (Å²) in [7, 11) is 1.53. The van der Waals surface area contributed by atoms with Gasteiger partial charge in [-0.1, -0.05) is 107 Å². The highest BCUT2D eigenvalue weighted by Gasteiger charge is 2.18. The Labute approximate surface area is 244 Å². The molecule has 0 bridgehead atoms. The Hall–Kier alpha value is -2.56. The fourth-order valence-corrected chi connectivity index (χ4v) is 4.74. The minimum Gasteiger partial charge on any atom is -0.507 e. The van der Waals surface area contributed by atoms with E-state index in [1.54, 1.807) is 6.07 Å². The van der Waals surface area contributed by atoms with E-state index >= 15 is 0 Å². The van der Waals surface area contributed by atoms with Gasteiger partial charge in [0.25, 0.3) is 0 Å². The summed E-state index contributed by atoms with van der Waals surface area (Å²) in [5.41, 5.74) is 3.53. The molecule has 5 heteroatoms. The van der Waals surface area contributed by atoms with E-state index in [9.17, 15) is 14.7 Å². The highest BCUT2D eigenvalue weighted by Crippen LogP contribution is 2.35. The molecule has 5 nitrogen and oxygen atoms in total. The third-order valence-electron chi connectivity index (χ3n) is 7.25. The predicted octanol–water partition coefficient (Wildman–Crippen LogP) is 9.79. The van der Waals surface area contributed by atoms with Gasteiger partial charge in [-0.25, -0.2) is 0 Å². The first kappa shape index (κ1) is 35.5. The van der Waals surface area contributed by atoms with E-state index in [1.807, 2.05) is 13.0 Å². The molecule has 0 unspecified atom stereocenters. The summed E-state index contributed by atoms with van der Waals surface area (Å²) in [5.74, 6) is 0.0748. The van der Waals surface area contributed by atoms with Crippen molar-refractivity contribution in [1.29, 1.82) is 0 Å². The monoisotopic (exact) mass is 555 g/mol. The molecule has 1 radical (unpaired) electrons. The zero-order chi connectivity index (χ0) is 29.6. The maximum Gasteiger partial charge on any atom is 0.306 e. The maximum atomic E-state index is 12.3. The number of ether oxygens (including phenoxy) is 2. The smallest absolute Gasteiger partial charge is 0.306 e. The molecule has 1 rings (SSSR count). The van der Waals surface area contributed by atoms with Crippen molar-refractivity contribution in [3.63, 3.8) is 0 Å². The number of benzene rings is 1. The number of phenolic OH excluding ortho intramolecular Hbond substituents is 1. The lowest BCUT2D eigenvalue weighted by atomic mass is 9.98. The van der Waals surface area contributed by atoms with Gasteiger partial charge < -0.3 is 14.6 Å². The largest absolute Gasteiger partial charge is 0.507 e. The van der Waals surface area contributed by atoms with Gasteiger partial charge in [0.15, 0.2) is 6.29 Å². The molecule has 0 amide bonds. The van der Waals surface area contributed by atoms with E-state index < -0.39 is 0 Å². The first-order chi connectivity index (χ1) is 19.3. The highest BCUT2D eigenvalue weighted by molar-refractivity contribution is 5.83. The van der Waals surface area contributed by atoms with Crippen LogP contribution in [0.15, 0.2) is 29.4 Å². The summed E-state index contributed by atoms with van der Waals surface area (Å²) in [5, 5.41) is 10.8. The zero-order valence-corrected chi connectivity index (χ0v) is 26.0. The summed E-state index contributed by atoms with van der Waals surface area (Å²) in [4.78, 5) is 24.1. The number of esters is 1. The molecular formula is C35H55O5. The standard InChI is InChI=1S/C35H55O5/c1-6-7-8-9-10-11-12-13-14-15-16-17-18-22-34(37)40-27-30-25-33(39-5)31(35(38)32(30)26-36)24-23-29(4)21-19-20-28(2)3/h19-20,23,25-26,38H,6-18,21-22,24,27H2,1-5H3/b29-23+. The molecule has 225 valence electrons. The number of hydrogen-bond acceptors (Lipinski definition) is 5. The molecule has 1 aromatic rings. The third kappa shape index (κ3) is 15.3. The molecule has 0 saturated carbocycles. The van der Waals surface area contributed by atoms with Crippen LogP contribution in [0.3, 0.4) is 0 Å². The van der Waals surface area contributed by atoms with E-state index in [4.69, 9.17) is 9.47 Å². The fourth-order valence-electron chi connectivity index (χ4n) is 4.74. The number of aromatic hydroxyl groups is 1. The Balaban J connectivity index is 2.44. The molecule has 0 heterocycles. The molecule has 1 N–H and O–H groups in total. The Bertz CT molecular complexity index is 924. The van der Waals surface area contributed by atoms with Crippen LogP contribution in [0.4, 0.5) is 0 Å². The Kier molecular flexibility index (Phi) is 19.7. The van der Waals surface area contributed by atoms with Crippen molar-refractivity contribution in [3.05, 3.63) is 52.5 Å². The van der Waals surface area contributed by atoms with Gasteiger partial charge in [-0.3, -0.25) is 9.59 Å². The lowest BCUT2D eigenvalue weighted by molar-refractivity contribution is -0.145. The zero-order valence-electron chi connectivity index (χ0n) is 26.0. The number of phenols is 1. The molecule has 0 aliphatic carbocycles. The quantitative estimate of drug-likeness (QED) is 0.0629. The number of allylic oxidation sites excluding steroid dienone is 4. The van der Waals surface area contributed by atoms with Crippen LogP contribution in [0.1, 0.15) is 145 Å². The lowest BCUT2D eigenvalue weighted by Gasteiger charge is -2.15. The van der Waals surface area contributed by atoms with Crippen molar-refractivity contribution in [2.45, 2.75) is 137 Å². The normalized spacial score (nSPS) is 11.4. The topological polar surface area (TPSA) is 72.8 Å². The van der Waals surface area contributed by atoms with Crippen LogP contribution in [0, 0.1) is 6.42 Å². The average Bonchev–Trinajstić information content (AvgIpc) is 2.93. The Morgan fingerprint density at radius 3 is 2.00 bits per heavy atom. The number of aldehydes is 1. The van der Waals surface area contributed by atoms with E-state index in [0.29, 0.717) is 36.0 Å². The maximum absolute atomic E-state index is 12.3. The van der Waals surface area contributed by atoms with Crippen LogP contribution in [0.5, 0.6) is 11.5 Å². The minimum absolute atomic E-state index is 0.0674. The van der Waals surface area contributed by atoms with Crippen molar-refractivity contribution in [3.8, 4) is 11.5 Å². The molecule has 0 aliphatic rings. The van der Waals surface area contributed by atoms with Crippen LogP contribution in [-0.2, 0) is 22.6 Å². The Morgan fingerprint density at radius 2 is 1.48 bits per heavy atom. The summed E-state index contributed by atoms with van der Waals surface area (Å²) < 4.78 is 11.0. The summed E-state index contributed by atoms with van der Waals surface area (Å²) >= 11 is 0. The second kappa shape index (κ2) is 22.2. The van der Waals surface area contributed by atoms with Gasteiger partial charge >= 0.3 is 5.97 Å². The van der Waals surface area contributed by atoms with E-state index in [0.717, 1.165) is 31.3 Å². The molecule has 0 spiro atoms. The molecular weight excluding hydrogens is 500 g/mol. The second-order valence-corrected chi connectivity index (χ2v) is 11.2. The van der Waals surface area contributed by atoms with Gasteiger partial charge in [-0.05, 0) is 52.5 Å². The SMILES string of the molecule is CCCCCCCCCCCCCCCC(=O)OCc1cc(OC)c(C/C=C(\C)C[CH]C=C(C)C)c(O)c1C=O. The number of rotatable bonds is 23. The van der Waals surface area contributed by atoms with Crippen LogP contribution < -0.4 is 4.74 Å². The molecule has 0 atom stereocenters. The predicted molar refractivity (Wildman–Crippen MR) is 166 cm³/mol. The highest BCUT2D eigenvalue weighted by atomic mass is 16.5. The number of hydrogen-bond donors (Lipinski definition) is 1. The average molecular weight is 556 g/mol. The molecule has 0 aliphatic heterocycles. The molecule has 0 aromatic heterocycles. The van der Waals surface area contributed by atoms with Gasteiger partial charge in [-0.15, -0.1) is 0 Å². The van der Waals surface area contributed by atoms with Crippen LogP contribution in [-0.4, -0.2) is 24.5 Å². The van der Waals surface area contributed by atoms with Gasteiger partial charge in [0.05, 0.1) is 12.7 Å². The van der Waals surface area contributed by atoms with Crippen LogP contribution >= 0.6 is 0 Å². The lowest BCUT2D eigenvalue weighted by Crippen LogP contribution is -2.07. The summed E-state index contributed by atoms with van der Waals surface area (Å²) in [6.07, 6.45) is 24.7. The van der Waals surface area contributed by atoms with Gasteiger partial charge in [-0.2, -0.15) is 0 Å². The van der Waals surface area contributed by atoms with Gasteiger partial charge in [0.1, 0.15) is 18.1 Å². The van der Waals surface area contributed by atoms with E-state index in [2.05, 4.69) is 33.3 Å². The number of unbranched alkanes of at least 4 members (excludes halogenated alkanes) is 12. The first-order valence-corrected chi connectivity index (χ1v) is 15.5. The number of methoxy groups -OCH3 is 1. The Morgan fingerprint density at radius 1 is 0.900 bits per heavy atom. The van der Waals surface area contributed by atoms with Crippen molar-refractivity contribution in [2.75, 3.05) is 7.11 Å². The van der Waals surface area contributed by atoms with Crippen molar-refractivity contribution in [1.82, 2.24) is 0 Å².